The van der Waals surface area contributed by atoms with E-state index in [1.807, 2.05) is 24.4 Å². The Kier molecular flexibility index (Phi) is 2.70. The van der Waals surface area contributed by atoms with E-state index in [0.717, 1.165) is 18.5 Å². The number of rotatable bonds is 2. The summed E-state index contributed by atoms with van der Waals surface area (Å²) >= 11 is 0. The molecule has 2 N–H and O–H groups in total. The van der Waals surface area contributed by atoms with E-state index >= 15 is 0 Å². The summed E-state index contributed by atoms with van der Waals surface area (Å²) in [5.74, 6) is 1.27. The van der Waals surface area contributed by atoms with Crippen LogP contribution in [0.4, 0.5) is 0 Å². The molecule has 0 saturated carbocycles. The zero-order valence-electron chi connectivity index (χ0n) is 9.40. The summed E-state index contributed by atoms with van der Waals surface area (Å²) in [6, 6.07) is 3.87. The van der Waals surface area contributed by atoms with Crippen LogP contribution < -0.4 is 0 Å². The molecular formula is C13H19NO. The van der Waals surface area contributed by atoms with Crippen molar-refractivity contribution in [3.8, 4) is 0 Å². The molecule has 1 aromatic heterocycles. The Bertz CT molecular complexity index is 339. The summed E-state index contributed by atoms with van der Waals surface area (Å²) in [5, 5.41) is 10.4. The molecule has 0 bridgehead atoms. The van der Waals surface area contributed by atoms with Gasteiger partial charge in [0.15, 0.2) is 0 Å². The van der Waals surface area contributed by atoms with Gasteiger partial charge in [0.2, 0.25) is 0 Å². The predicted molar refractivity (Wildman–Crippen MR) is 61.4 cm³/mol. The van der Waals surface area contributed by atoms with E-state index in [1.54, 1.807) is 0 Å². The van der Waals surface area contributed by atoms with Crippen molar-refractivity contribution in [2.24, 2.45) is 11.8 Å². The van der Waals surface area contributed by atoms with Crippen LogP contribution in [0.2, 0.25) is 0 Å². The average molecular weight is 205 g/mol. The molecule has 0 aromatic carbocycles. The van der Waals surface area contributed by atoms with Crippen molar-refractivity contribution < 1.29 is 5.11 Å². The zero-order valence-corrected chi connectivity index (χ0v) is 9.40. The molecule has 0 amide bonds. The monoisotopic (exact) mass is 205 g/mol. The van der Waals surface area contributed by atoms with Gasteiger partial charge in [-0.2, -0.15) is 0 Å². The molecule has 0 fully saturated rings. The molecule has 0 saturated heterocycles. The fourth-order valence-electron chi connectivity index (χ4n) is 2.23. The van der Waals surface area contributed by atoms with Gasteiger partial charge in [0.05, 0.1) is 5.69 Å². The zero-order chi connectivity index (χ0) is 10.9. The van der Waals surface area contributed by atoms with Crippen LogP contribution in [0, 0.1) is 11.8 Å². The van der Waals surface area contributed by atoms with Gasteiger partial charge in [-0.25, -0.2) is 0 Å². The first-order chi connectivity index (χ1) is 7.12. The molecular weight excluding hydrogens is 186 g/mol. The first-order valence-electron chi connectivity index (χ1n) is 5.67. The average Bonchev–Trinajstić information content (AvgIpc) is 2.71. The van der Waals surface area contributed by atoms with Crippen molar-refractivity contribution >= 4 is 0 Å². The Hall–Kier alpha value is -1.02. The van der Waals surface area contributed by atoms with Crippen LogP contribution >= 0.6 is 0 Å². The first kappa shape index (κ1) is 10.5. The summed E-state index contributed by atoms with van der Waals surface area (Å²) in [7, 11) is 0. The summed E-state index contributed by atoms with van der Waals surface area (Å²) in [6.07, 6.45) is 7.84. The molecule has 2 heteroatoms. The summed E-state index contributed by atoms with van der Waals surface area (Å²) in [6.45, 7) is 4.46. The number of hydrogen-bond acceptors (Lipinski definition) is 1. The van der Waals surface area contributed by atoms with Crippen molar-refractivity contribution in [3.63, 3.8) is 0 Å². The minimum Gasteiger partial charge on any atom is -0.380 e. The molecule has 15 heavy (non-hydrogen) atoms. The minimum absolute atomic E-state index is 0.611. The Morgan fingerprint density at radius 2 is 2.33 bits per heavy atom. The lowest BCUT2D eigenvalue weighted by atomic mass is 9.79. The van der Waals surface area contributed by atoms with Crippen molar-refractivity contribution in [2.45, 2.75) is 32.3 Å². The molecule has 1 aliphatic rings. The van der Waals surface area contributed by atoms with Gasteiger partial charge in [0, 0.05) is 6.20 Å². The first-order valence-corrected chi connectivity index (χ1v) is 5.67. The van der Waals surface area contributed by atoms with Gasteiger partial charge in [-0.15, -0.1) is 0 Å². The fraction of sp³-hybridized carbons (Fsp3) is 0.538. The van der Waals surface area contributed by atoms with Gasteiger partial charge >= 0.3 is 0 Å². The normalized spacial score (nSPS) is 31.1. The van der Waals surface area contributed by atoms with Gasteiger partial charge in [-0.3, -0.25) is 0 Å². The van der Waals surface area contributed by atoms with Crippen molar-refractivity contribution in [2.75, 3.05) is 0 Å². The largest absolute Gasteiger partial charge is 0.380 e. The number of nitrogens with one attached hydrogen (secondary N) is 1. The van der Waals surface area contributed by atoms with Crippen LogP contribution in [0.25, 0.3) is 0 Å². The topological polar surface area (TPSA) is 36.0 Å². The second kappa shape index (κ2) is 3.86. The number of aromatic nitrogens is 1. The van der Waals surface area contributed by atoms with Gasteiger partial charge < -0.3 is 10.1 Å². The highest BCUT2D eigenvalue weighted by atomic mass is 16.3. The number of aliphatic hydroxyl groups is 1. The number of H-pyrrole nitrogens is 1. The van der Waals surface area contributed by atoms with E-state index in [-0.39, 0.29) is 0 Å². The van der Waals surface area contributed by atoms with Gasteiger partial charge in [0.1, 0.15) is 5.60 Å². The number of allylic oxidation sites excluding steroid dienone is 1. The molecule has 0 aliphatic heterocycles. The maximum atomic E-state index is 10.4. The van der Waals surface area contributed by atoms with Crippen LogP contribution in [0.3, 0.4) is 0 Å². The highest BCUT2D eigenvalue weighted by Crippen LogP contribution is 2.35. The van der Waals surface area contributed by atoms with E-state index in [0.29, 0.717) is 11.8 Å². The summed E-state index contributed by atoms with van der Waals surface area (Å²) in [5.41, 5.74) is 0.135. The van der Waals surface area contributed by atoms with Crippen molar-refractivity contribution in [3.05, 3.63) is 36.2 Å². The predicted octanol–water partition coefficient (Wildman–Crippen LogP) is 2.82. The minimum atomic E-state index is -0.769. The van der Waals surface area contributed by atoms with Crippen molar-refractivity contribution in [1.82, 2.24) is 4.98 Å². The molecule has 1 aliphatic carbocycles. The van der Waals surface area contributed by atoms with Crippen LogP contribution in [0.15, 0.2) is 30.5 Å². The summed E-state index contributed by atoms with van der Waals surface area (Å²) < 4.78 is 0. The molecule has 0 radical (unpaired) electrons. The maximum Gasteiger partial charge on any atom is 0.122 e. The Labute approximate surface area is 91.0 Å². The molecule has 1 aromatic rings. The lowest BCUT2D eigenvalue weighted by Crippen LogP contribution is -2.28. The molecule has 0 spiro atoms. The third kappa shape index (κ3) is 2.00. The van der Waals surface area contributed by atoms with Crippen LogP contribution in [0.5, 0.6) is 0 Å². The van der Waals surface area contributed by atoms with E-state index in [4.69, 9.17) is 0 Å². The fourth-order valence-corrected chi connectivity index (χ4v) is 2.23. The molecule has 1 heterocycles. The SMILES string of the molecule is CC(C)C1C=CC(O)(c2ccc[nH]2)CC1. The lowest BCUT2D eigenvalue weighted by molar-refractivity contribution is 0.0593. The van der Waals surface area contributed by atoms with E-state index in [1.165, 1.54) is 0 Å². The van der Waals surface area contributed by atoms with Crippen LogP contribution in [0.1, 0.15) is 32.4 Å². The molecule has 2 rings (SSSR count). The van der Waals surface area contributed by atoms with E-state index in [9.17, 15) is 5.11 Å². The van der Waals surface area contributed by atoms with E-state index in [2.05, 4.69) is 24.9 Å². The van der Waals surface area contributed by atoms with E-state index < -0.39 is 5.60 Å². The third-order valence-electron chi connectivity index (χ3n) is 3.40. The van der Waals surface area contributed by atoms with Crippen LogP contribution in [-0.2, 0) is 5.60 Å². The quantitative estimate of drug-likeness (QED) is 0.716. The molecule has 2 unspecified atom stereocenters. The third-order valence-corrected chi connectivity index (χ3v) is 3.40. The number of hydrogen-bond donors (Lipinski definition) is 2. The Morgan fingerprint density at radius 3 is 2.80 bits per heavy atom. The smallest absolute Gasteiger partial charge is 0.122 e. The summed E-state index contributed by atoms with van der Waals surface area (Å²) in [4.78, 5) is 3.09. The van der Waals surface area contributed by atoms with Gasteiger partial charge in [0.25, 0.3) is 0 Å². The van der Waals surface area contributed by atoms with Gasteiger partial charge in [-0.05, 0) is 36.8 Å². The molecule has 2 nitrogen and oxygen atoms in total. The molecule has 82 valence electrons. The van der Waals surface area contributed by atoms with Crippen LogP contribution in [-0.4, -0.2) is 10.1 Å². The Balaban J connectivity index is 2.17. The lowest BCUT2D eigenvalue weighted by Gasteiger charge is -2.31. The highest BCUT2D eigenvalue weighted by Gasteiger charge is 2.31. The Morgan fingerprint density at radius 1 is 1.53 bits per heavy atom. The van der Waals surface area contributed by atoms with Crippen molar-refractivity contribution in [1.29, 1.82) is 0 Å². The maximum absolute atomic E-state index is 10.4. The molecule has 2 atom stereocenters. The van der Waals surface area contributed by atoms with Gasteiger partial charge in [-0.1, -0.05) is 26.0 Å². The standard InChI is InChI=1S/C13H19NO/c1-10(2)11-5-7-13(15,8-6-11)12-4-3-9-14-12/h3-5,7,9-11,14-15H,6,8H2,1-2H3. The second-order valence-corrected chi connectivity index (χ2v) is 4.81. The highest BCUT2D eigenvalue weighted by molar-refractivity contribution is 5.23. The number of aromatic amines is 1. The second-order valence-electron chi connectivity index (χ2n) is 4.81.